The zero-order chi connectivity index (χ0) is 19.6. The fraction of sp³-hybridized carbons (Fsp3) is 0.150. The van der Waals surface area contributed by atoms with E-state index in [1.165, 1.54) is 6.07 Å². The lowest BCUT2D eigenvalue weighted by molar-refractivity contribution is -0.387. The lowest BCUT2D eigenvalue weighted by atomic mass is 9.97. The normalized spacial score (nSPS) is 11.8. The summed E-state index contributed by atoms with van der Waals surface area (Å²) in [6, 6.07) is 14.6. The van der Waals surface area contributed by atoms with Gasteiger partial charge in [-0.1, -0.05) is 24.3 Å². The Balaban J connectivity index is 1.82. The molecule has 7 heteroatoms. The fourth-order valence-corrected chi connectivity index (χ4v) is 2.77. The minimum Gasteiger partial charge on any atom is -0.497 e. The molecule has 3 rings (SSSR count). The first-order valence-corrected chi connectivity index (χ1v) is 8.21. The quantitative estimate of drug-likeness (QED) is 0.525. The van der Waals surface area contributed by atoms with E-state index in [1.807, 2.05) is 36.4 Å². The van der Waals surface area contributed by atoms with Gasteiger partial charge in [-0.05, 0) is 47.5 Å². The maximum Gasteiger partial charge on any atom is 0.306 e. The van der Waals surface area contributed by atoms with Crippen LogP contribution in [0.25, 0.3) is 10.8 Å². The van der Waals surface area contributed by atoms with Gasteiger partial charge in [0.25, 0.3) is 0 Å². The third kappa shape index (κ3) is 3.87. The molecule has 0 saturated heterocycles. The summed E-state index contributed by atoms with van der Waals surface area (Å²) in [5.41, 5.74) is 0.285. The van der Waals surface area contributed by atoms with Crippen LogP contribution < -0.4 is 10.1 Å². The first-order valence-electron chi connectivity index (χ1n) is 8.21. The third-order valence-corrected chi connectivity index (χ3v) is 4.38. The highest BCUT2D eigenvalue weighted by Gasteiger charge is 2.19. The van der Waals surface area contributed by atoms with Crippen LogP contribution in [0.15, 0.2) is 54.6 Å². The Morgan fingerprint density at radius 1 is 1.11 bits per heavy atom. The van der Waals surface area contributed by atoms with E-state index >= 15 is 0 Å². The van der Waals surface area contributed by atoms with Crippen LogP contribution in [0.4, 0.5) is 15.8 Å². The van der Waals surface area contributed by atoms with E-state index in [4.69, 9.17) is 4.74 Å². The molecule has 0 radical (unpaired) electrons. The summed E-state index contributed by atoms with van der Waals surface area (Å²) in [5, 5.41) is 15.4. The van der Waals surface area contributed by atoms with Crippen LogP contribution >= 0.6 is 0 Å². The number of carbonyl (C=O) groups is 1. The number of benzene rings is 3. The van der Waals surface area contributed by atoms with Crippen molar-refractivity contribution in [3.63, 3.8) is 0 Å². The monoisotopic (exact) mass is 368 g/mol. The number of hydrogen-bond donors (Lipinski definition) is 1. The molecule has 0 bridgehead atoms. The molecular formula is C20H17FN2O4. The Kier molecular flexibility index (Phi) is 5.03. The fourth-order valence-electron chi connectivity index (χ4n) is 2.77. The molecule has 1 atom stereocenters. The van der Waals surface area contributed by atoms with Gasteiger partial charge in [-0.25, -0.2) is 0 Å². The maximum absolute atomic E-state index is 13.4. The Bertz CT molecular complexity index is 1040. The minimum atomic E-state index is -0.948. The Morgan fingerprint density at radius 3 is 2.52 bits per heavy atom. The number of fused-ring (bicyclic) bond motifs is 1. The molecule has 0 spiro atoms. The average Bonchev–Trinajstić information content (AvgIpc) is 2.67. The number of halogens is 1. The van der Waals surface area contributed by atoms with E-state index in [0.29, 0.717) is 0 Å². The highest BCUT2D eigenvalue weighted by atomic mass is 19.1. The van der Waals surface area contributed by atoms with Crippen LogP contribution in [0.2, 0.25) is 0 Å². The average molecular weight is 368 g/mol. The number of nitro groups is 1. The van der Waals surface area contributed by atoms with Gasteiger partial charge in [-0.2, -0.15) is 4.39 Å². The van der Waals surface area contributed by atoms with Crippen LogP contribution in [0.3, 0.4) is 0 Å². The van der Waals surface area contributed by atoms with Crippen molar-refractivity contribution in [1.29, 1.82) is 0 Å². The van der Waals surface area contributed by atoms with Crippen molar-refractivity contribution >= 4 is 28.1 Å². The number of carbonyl (C=O) groups excluding carboxylic acids is 1. The summed E-state index contributed by atoms with van der Waals surface area (Å²) in [6.45, 7) is 1.73. The lowest BCUT2D eigenvalue weighted by Crippen LogP contribution is -2.19. The van der Waals surface area contributed by atoms with Crippen molar-refractivity contribution < 1.29 is 18.8 Å². The summed E-state index contributed by atoms with van der Waals surface area (Å²) in [7, 11) is 1.60. The SMILES string of the molecule is COc1ccc2cc([C@H](C)C(=O)Nc3ccc(F)c([N+](=O)[O-])c3)ccc2c1. The van der Waals surface area contributed by atoms with E-state index in [0.717, 1.165) is 34.2 Å². The first kappa shape index (κ1) is 18.3. The number of anilines is 1. The van der Waals surface area contributed by atoms with Crippen molar-refractivity contribution in [2.45, 2.75) is 12.8 Å². The van der Waals surface area contributed by atoms with E-state index in [2.05, 4.69) is 5.32 Å². The van der Waals surface area contributed by atoms with Gasteiger partial charge < -0.3 is 10.1 Å². The Labute approximate surface area is 154 Å². The van der Waals surface area contributed by atoms with Gasteiger partial charge in [-0.15, -0.1) is 0 Å². The molecule has 0 unspecified atom stereocenters. The molecule has 27 heavy (non-hydrogen) atoms. The number of methoxy groups -OCH3 is 1. The number of hydrogen-bond acceptors (Lipinski definition) is 4. The molecule has 1 N–H and O–H groups in total. The molecule has 0 aliphatic rings. The first-order chi connectivity index (χ1) is 12.9. The largest absolute Gasteiger partial charge is 0.497 e. The molecular weight excluding hydrogens is 351 g/mol. The lowest BCUT2D eigenvalue weighted by Gasteiger charge is -2.14. The predicted octanol–water partition coefficient (Wildman–Crippen LogP) is 4.64. The molecule has 6 nitrogen and oxygen atoms in total. The summed E-state index contributed by atoms with van der Waals surface area (Å²) in [6.07, 6.45) is 0. The molecule has 3 aromatic carbocycles. The topological polar surface area (TPSA) is 81.5 Å². The second kappa shape index (κ2) is 7.41. The molecule has 0 saturated carbocycles. The Morgan fingerprint density at radius 2 is 1.81 bits per heavy atom. The van der Waals surface area contributed by atoms with Crippen LogP contribution in [-0.2, 0) is 4.79 Å². The van der Waals surface area contributed by atoms with Crippen LogP contribution in [-0.4, -0.2) is 17.9 Å². The smallest absolute Gasteiger partial charge is 0.306 e. The third-order valence-electron chi connectivity index (χ3n) is 4.38. The van der Waals surface area contributed by atoms with Crippen molar-refractivity contribution in [3.8, 4) is 5.75 Å². The molecule has 0 heterocycles. The molecule has 0 aromatic heterocycles. The van der Waals surface area contributed by atoms with Crippen molar-refractivity contribution in [2.24, 2.45) is 0 Å². The number of nitro benzene ring substituents is 1. The van der Waals surface area contributed by atoms with Gasteiger partial charge in [0.05, 0.1) is 18.0 Å². The van der Waals surface area contributed by atoms with Gasteiger partial charge >= 0.3 is 5.69 Å². The number of ether oxygens (including phenoxy) is 1. The molecule has 0 aliphatic carbocycles. The second-order valence-electron chi connectivity index (χ2n) is 6.11. The zero-order valence-corrected chi connectivity index (χ0v) is 14.7. The second-order valence-corrected chi connectivity index (χ2v) is 6.11. The molecule has 1 amide bonds. The molecule has 0 fully saturated rings. The van der Waals surface area contributed by atoms with Gasteiger partial charge in [0.15, 0.2) is 0 Å². The van der Waals surface area contributed by atoms with Gasteiger partial charge in [-0.3, -0.25) is 14.9 Å². The standard InChI is InChI=1S/C20H17FN2O4/c1-12(13-3-4-15-10-17(27-2)7-5-14(15)9-13)20(24)22-16-6-8-18(21)19(11-16)23(25)26/h3-12H,1-2H3,(H,22,24)/t12-/m0/s1. The number of nitrogens with one attached hydrogen (secondary N) is 1. The van der Waals surface area contributed by atoms with E-state index in [-0.39, 0.29) is 11.6 Å². The number of rotatable bonds is 5. The van der Waals surface area contributed by atoms with E-state index in [9.17, 15) is 19.3 Å². The van der Waals surface area contributed by atoms with Crippen molar-refractivity contribution in [3.05, 3.63) is 76.1 Å². The predicted molar refractivity (Wildman–Crippen MR) is 101 cm³/mol. The van der Waals surface area contributed by atoms with Crippen LogP contribution in [0, 0.1) is 15.9 Å². The van der Waals surface area contributed by atoms with Crippen molar-refractivity contribution in [1.82, 2.24) is 0 Å². The summed E-state index contributed by atoms with van der Waals surface area (Å²) >= 11 is 0. The minimum absolute atomic E-state index is 0.172. The summed E-state index contributed by atoms with van der Waals surface area (Å²) < 4.78 is 18.6. The van der Waals surface area contributed by atoms with Gasteiger partial charge in [0.1, 0.15) is 5.75 Å². The van der Waals surface area contributed by atoms with Gasteiger partial charge in [0, 0.05) is 11.8 Å². The van der Waals surface area contributed by atoms with Crippen LogP contribution in [0.1, 0.15) is 18.4 Å². The zero-order valence-electron chi connectivity index (χ0n) is 14.7. The summed E-state index contributed by atoms with van der Waals surface area (Å²) in [5.74, 6) is -1.04. The van der Waals surface area contributed by atoms with Crippen molar-refractivity contribution in [2.75, 3.05) is 12.4 Å². The van der Waals surface area contributed by atoms with Gasteiger partial charge in [0.2, 0.25) is 11.7 Å². The molecule has 3 aromatic rings. The Hall–Kier alpha value is -3.48. The van der Waals surface area contributed by atoms with Crippen LogP contribution in [0.5, 0.6) is 5.75 Å². The summed E-state index contributed by atoms with van der Waals surface area (Å²) in [4.78, 5) is 22.5. The highest BCUT2D eigenvalue weighted by molar-refractivity contribution is 5.96. The number of nitrogens with zero attached hydrogens (tertiary/aromatic N) is 1. The molecule has 138 valence electrons. The number of amides is 1. The highest BCUT2D eigenvalue weighted by Crippen LogP contribution is 2.27. The maximum atomic E-state index is 13.4. The molecule has 0 aliphatic heterocycles. The van der Waals surface area contributed by atoms with E-state index in [1.54, 1.807) is 14.0 Å². The van der Waals surface area contributed by atoms with E-state index < -0.39 is 22.3 Å².